The summed E-state index contributed by atoms with van der Waals surface area (Å²) in [5.41, 5.74) is -0.114. The van der Waals surface area contributed by atoms with Gasteiger partial charge in [0.15, 0.2) is 0 Å². The van der Waals surface area contributed by atoms with Crippen LogP contribution >= 0.6 is 0 Å². The van der Waals surface area contributed by atoms with Gasteiger partial charge >= 0.3 is 5.97 Å². The lowest BCUT2D eigenvalue weighted by atomic mass is 9.87. The van der Waals surface area contributed by atoms with Gasteiger partial charge in [0, 0.05) is 24.8 Å². The average molecular weight is 257 g/mol. The van der Waals surface area contributed by atoms with Crippen LogP contribution in [0.1, 0.15) is 51.4 Å². The van der Waals surface area contributed by atoms with Crippen molar-refractivity contribution in [1.82, 2.24) is 5.32 Å². The van der Waals surface area contributed by atoms with Crippen LogP contribution < -0.4 is 5.32 Å². The predicted molar refractivity (Wildman–Crippen MR) is 67.1 cm³/mol. The molecule has 0 heterocycles. The Balaban J connectivity index is 2.14. The lowest BCUT2D eigenvalue weighted by molar-refractivity contribution is -0.137. The minimum Gasteiger partial charge on any atom is -0.481 e. The van der Waals surface area contributed by atoms with Gasteiger partial charge in [-0.25, -0.2) is 0 Å². The Morgan fingerprint density at radius 3 is 2.28 bits per heavy atom. The van der Waals surface area contributed by atoms with E-state index in [1.54, 1.807) is 0 Å². The molecule has 3 N–H and O–H groups in total. The van der Waals surface area contributed by atoms with E-state index in [4.69, 9.17) is 5.11 Å². The number of aliphatic carboxylic acids is 1. The first-order valence-electron chi connectivity index (χ1n) is 6.67. The number of aliphatic hydroxyl groups is 1. The van der Waals surface area contributed by atoms with E-state index in [0.717, 1.165) is 25.7 Å². The smallest absolute Gasteiger partial charge is 0.303 e. The number of nitrogens with one attached hydrogen (secondary N) is 1. The molecule has 1 saturated carbocycles. The lowest BCUT2D eigenvalue weighted by Crippen LogP contribution is -2.38. The van der Waals surface area contributed by atoms with E-state index in [-0.39, 0.29) is 24.3 Å². The maximum absolute atomic E-state index is 11.6. The number of rotatable bonds is 8. The van der Waals surface area contributed by atoms with Gasteiger partial charge in [0.2, 0.25) is 5.91 Å². The highest BCUT2D eigenvalue weighted by Crippen LogP contribution is 2.36. The van der Waals surface area contributed by atoms with Gasteiger partial charge < -0.3 is 15.5 Å². The summed E-state index contributed by atoms with van der Waals surface area (Å²) in [6, 6.07) is 0. The van der Waals surface area contributed by atoms with Crippen LogP contribution in [-0.4, -0.2) is 35.2 Å². The number of hydrogen-bond donors (Lipinski definition) is 3. The summed E-state index contributed by atoms with van der Waals surface area (Å²) in [5.74, 6) is -0.860. The maximum atomic E-state index is 11.6. The summed E-state index contributed by atoms with van der Waals surface area (Å²) in [5, 5.41) is 20.7. The number of carbonyl (C=O) groups excluding carboxylic acids is 1. The third-order valence-corrected chi connectivity index (χ3v) is 3.70. The van der Waals surface area contributed by atoms with Crippen molar-refractivity contribution < 1.29 is 19.8 Å². The Morgan fingerprint density at radius 2 is 1.72 bits per heavy atom. The zero-order valence-electron chi connectivity index (χ0n) is 10.8. The molecule has 1 aliphatic carbocycles. The molecule has 0 unspecified atom stereocenters. The van der Waals surface area contributed by atoms with Crippen LogP contribution in [0.4, 0.5) is 0 Å². The van der Waals surface area contributed by atoms with Crippen molar-refractivity contribution in [2.24, 2.45) is 5.41 Å². The van der Waals surface area contributed by atoms with Crippen LogP contribution in [0.2, 0.25) is 0 Å². The quantitative estimate of drug-likeness (QED) is 0.572. The monoisotopic (exact) mass is 257 g/mol. The number of aliphatic hydroxyl groups excluding tert-OH is 1. The number of unbranched alkanes of at least 4 members (excludes halogenated alkanes) is 1. The number of carboxylic acids is 1. The molecule has 1 aliphatic rings. The molecule has 0 radical (unpaired) electrons. The topological polar surface area (TPSA) is 86.6 Å². The Hall–Kier alpha value is -1.10. The van der Waals surface area contributed by atoms with Crippen molar-refractivity contribution >= 4 is 11.9 Å². The summed E-state index contributed by atoms with van der Waals surface area (Å²) in [4.78, 5) is 21.9. The first-order valence-corrected chi connectivity index (χ1v) is 6.67. The molecular weight excluding hydrogens is 234 g/mol. The molecular formula is C13H23NO4. The fraction of sp³-hybridized carbons (Fsp3) is 0.846. The van der Waals surface area contributed by atoms with Gasteiger partial charge in [-0.3, -0.25) is 9.59 Å². The molecule has 5 nitrogen and oxygen atoms in total. The van der Waals surface area contributed by atoms with Gasteiger partial charge in [-0.15, -0.1) is 0 Å². The summed E-state index contributed by atoms with van der Waals surface area (Å²) < 4.78 is 0. The zero-order chi connectivity index (χ0) is 13.4. The van der Waals surface area contributed by atoms with Crippen LogP contribution in [0.5, 0.6) is 0 Å². The van der Waals surface area contributed by atoms with Gasteiger partial charge in [0.25, 0.3) is 0 Å². The largest absolute Gasteiger partial charge is 0.481 e. The molecule has 0 aromatic heterocycles. The lowest BCUT2D eigenvalue weighted by Gasteiger charge is -2.26. The van der Waals surface area contributed by atoms with Crippen LogP contribution in [0.15, 0.2) is 0 Å². The molecule has 0 saturated heterocycles. The first kappa shape index (κ1) is 15.0. The molecule has 0 bridgehead atoms. The number of hydrogen-bond acceptors (Lipinski definition) is 3. The molecule has 18 heavy (non-hydrogen) atoms. The molecule has 0 atom stereocenters. The molecule has 1 amide bonds. The Bertz CT molecular complexity index is 285. The van der Waals surface area contributed by atoms with Crippen LogP contribution in [-0.2, 0) is 9.59 Å². The van der Waals surface area contributed by atoms with Crippen molar-refractivity contribution in [2.75, 3.05) is 13.2 Å². The highest BCUT2D eigenvalue weighted by atomic mass is 16.4. The van der Waals surface area contributed by atoms with Crippen LogP contribution in [0.25, 0.3) is 0 Å². The van der Waals surface area contributed by atoms with Gasteiger partial charge in [0.1, 0.15) is 0 Å². The van der Waals surface area contributed by atoms with Crippen LogP contribution in [0.3, 0.4) is 0 Å². The second-order valence-corrected chi connectivity index (χ2v) is 5.24. The number of carbonyl (C=O) groups is 2. The van der Waals surface area contributed by atoms with E-state index in [9.17, 15) is 14.7 Å². The molecule has 104 valence electrons. The van der Waals surface area contributed by atoms with Crippen molar-refractivity contribution in [2.45, 2.75) is 51.4 Å². The normalized spacial score (nSPS) is 17.6. The first-order chi connectivity index (χ1) is 8.58. The van der Waals surface area contributed by atoms with E-state index < -0.39 is 5.97 Å². The maximum Gasteiger partial charge on any atom is 0.303 e. The standard InChI is InChI=1S/C13H23NO4/c15-10-13(7-3-4-8-13)9-14-11(16)5-1-2-6-12(17)18/h15H,1-10H2,(H,14,16)(H,17,18). The highest BCUT2D eigenvalue weighted by molar-refractivity contribution is 5.76. The zero-order valence-corrected chi connectivity index (χ0v) is 10.8. The number of carboxylic acid groups (broad SMARTS) is 1. The van der Waals surface area contributed by atoms with Crippen molar-refractivity contribution in [3.05, 3.63) is 0 Å². The van der Waals surface area contributed by atoms with Crippen molar-refractivity contribution in [3.63, 3.8) is 0 Å². The van der Waals surface area contributed by atoms with E-state index in [2.05, 4.69) is 5.32 Å². The second-order valence-electron chi connectivity index (χ2n) is 5.24. The summed E-state index contributed by atoms with van der Waals surface area (Å²) in [6.45, 7) is 0.674. The minimum atomic E-state index is -0.819. The average Bonchev–Trinajstić information content (AvgIpc) is 2.81. The molecule has 1 rings (SSSR count). The predicted octanol–water partition coefficient (Wildman–Crippen LogP) is 1.30. The summed E-state index contributed by atoms with van der Waals surface area (Å²) >= 11 is 0. The van der Waals surface area contributed by atoms with Gasteiger partial charge in [0.05, 0.1) is 6.61 Å². The van der Waals surface area contributed by atoms with E-state index in [1.807, 2.05) is 0 Å². The number of amides is 1. The molecule has 5 heteroatoms. The second kappa shape index (κ2) is 7.36. The summed E-state index contributed by atoms with van der Waals surface area (Å²) in [7, 11) is 0. The molecule has 0 aromatic rings. The molecule has 0 aromatic carbocycles. The molecule has 0 aliphatic heterocycles. The van der Waals surface area contributed by atoms with Gasteiger partial charge in [-0.2, -0.15) is 0 Å². The Kier molecular flexibility index (Phi) is 6.12. The van der Waals surface area contributed by atoms with E-state index in [0.29, 0.717) is 25.8 Å². The van der Waals surface area contributed by atoms with E-state index in [1.165, 1.54) is 0 Å². The highest BCUT2D eigenvalue weighted by Gasteiger charge is 2.33. The molecule has 1 fully saturated rings. The third-order valence-electron chi connectivity index (χ3n) is 3.70. The van der Waals surface area contributed by atoms with Crippen LogP contribution in [0, 0.1) is 5.41 Å². The fourth-order valence-electron chi connectivity index (χ4n) is 2.45. The third kappa shape index (κ3) is 5.04. The van der Waals surface area contributed by atoms with Gasteiger partial charge in [-0.05, 0) is 25.7 Å². The molecule has 0 spiro atoms. The Morgan fingerprint density at radius 1 is 1.11 bits per heavy atom. The van der Waals surface area contributed by atoms with E-state index >= 15 is 0 Å². The minimum absolute atomic E-state index is 0.0416. The SMILES string of the molecule is O=C(O)CCCCC(=O)NCC1(CO)CCCC1. The fourth-order valence-corrected chi connectivity index (χ4v) is 2.45. The Labute approximate surface area is 108 Å². The summed E-state index contributed by atoms with van der Waals surface area (Å²) in [6.07, 6.45) is 5.82. The van der Waals surface area contributed by atoms with Crippen molar-refractivity contribution in [1.29, 1.82) is 0 Å². The van der Waals surface area contributed by atoms with Crippen molar-refractivity contribution in [3.8, 4) is 0 Å². The van der Waals surface area contributed by atoms with Gasteiger partial charge in [-0.1, -0.05) is 12.8 Å².